The van der Waals surface area contributed by atoms with Crippen LogP contribution in [-0.2, 0) is 22.6 Å². The molecule has 1 heterocycles. The third-order valence-corrected chi connectivity index (χ3v) is 5.61. The number of aliphatic imine (C=N–C) groups is 1. The highest BCUT2D eigenvalue weighted by atomic mass is 127. The van der Waals surface area contributed by atoms with Gasteiger partial charge in [-0.05, 0) is 50.8 Å². The molecule has 2 N–H and O–H groups in total. The smallest absolute Gasteiger partial charge is 0.192 e. The van der Waals surface area contributed by atoms with Crippen LogP contribution in [0.3, 0.4) is 0 Å². The first-order chi connectivity index (χ1) is 15.6. The molecule has 2 aromatic carbocycles. The van der Waals surface area contributed by atoms with Crippen molar-refractivity contribution < 1.29 is 14.2 Å². The molecule has 0 aromatic heterocycles. The van der Waals surface area contributed by atoms with Gasteiger partial charge in [-0.2, -0.15) is 0 Å². The molecule has 0 radical (unpaired) electrons. The van der Waals surface area contributed by atoms with Crippen LogP contribution in [0.15, 0.2) is 47.5 Å². The van der Waals surface area contributed by atoms with Gasteiger partial charge >= 0.3 is 0 Å². The fraction of sp³-hybridized carbons (Fsp3) is 0.500. The number of hydrogen-bond acceptors (Lipinski definition) is 4. The van der Waals surface area contributed by atoms with Gasteiger partial charge < -0.3 is 24.8 Å². The molecular weight excluding hydrogens is 529 g/mol. The van der Waals surface area contributed by atoms with Crippen LogP contribution in [0.5, 0.6) is 5.75 Å². The maximum absolute atomic E-state index is 6.07. The molecule has 7 heteroatoms. The van der Waals surface area contributed by atoms with Crippen LogP contribution in [0.25, 0.3) is 0 Å². The lowest BCUT2D eigenvalue weighted by atomic mass is 10.0. The first-order valence-electron chi connectivity index (χ1n) is 11.6. The number of methoxy groups -OCH3 is 1. The zero-order valence-corrected chi connectivity index (χ0v) is 22.6. The summed E-state index contributed by atoms with van der Waals surface area (Å²) in [6.07, 6.45) is 2.26. The summed E-state index contributed by atoms with van der Waals surface area (Å²) in [7, 11) is 1.71. The van der Waals surface area contributed by atoms with Crippen molar-refractivity contribution in [3.05, 3.63) is 64.7 Å². The third kappa shape index (κ3) is 8.79. The Labute approximate surface area is 215 Å². The molecule has 1 unspecified atom stereocenters. The second-order valence-electron chi connectivity index (χ2n) is 8.25. The Hall–Kier alpha value is -1.84. The number of nitrogens with one attached hydrogen (secondary N) is 2. The Bertz CT molecular complexity index is 885. The zero-order valence-electron chi connectivity index (χ0n) is 20.2. The monoisotopic (exact) mass is 567 g/mol. The number of halogens is 1. The van der Waals surface area contributed by atoms with Gasteiger partial charge in [0, 0.05) is 25.3 Å². The fourth-order valence-electron chi connectivity index (χ4n) is 3.84. The average molecular weight is 568 g/mol. The van der Waals surface area contributed by atoms with Gasteiger partial charge in [0.15, 0.2) is 5.96 Å². The number of rotatable bonds is 9. The van der Waals surface area contributed by atoms with E-state index in [4.69, 9.17) is 19.2 Å². The summed E-state index contributed by atoms with van der Waals surface area (Å²) in [5.41, 5.74) is 4.66. The van der Waals surface area contributed by atoms with Crippen LogP contribution in [0, 0.1) is 6.92 Å². The lowest BCUT2D eigenvalue weighted by Crippen LogP contribution is -2.38. The minimum atomic E-state index is 0. The van der Waals surface area contributed by atoms with E-state index in [1.165, 1.54) is 11.1 Å². The number of benzene rings is 2. The Morgan fingerprint density at radius 2 is 1.91 bits per heavy atom. The summed E-state index contributed by atoms with van der Waals surface area (Å²) >= 11 is 0. The van der Waals surface area contributed by atoms with Gasteiger partial charge in [-0.25, -0.2) is 4.99 Å². The molecule has 6 nitrogen and oxygen atoms in total. The molecule has 33 heavy (non-hydrogen) atoms. The molecule has 1 saturated heterocycles. The molecule has 1 atom stereocenters. The molecular formula is C26H38IN3O3. The van der Waals surface area contributed by atoms with Crippen LogP contribution in [0.2, 0.25) is 0 Å². The SMILES string of the molecule is CCNC(=NCc1cccc(COC2CCOCC2)c1)NC(C)c1cc(C)ccc1OC.I. The maximum atomic E-state index is 6.07. The van der Waals surface area contributed by atoms with Gasteiger partial charge in [0.05, 0.1) is 32.4 Å². The van der Waals surface area contributed by atoms with Gasteiger partial charge in [0.2, 0.25) is 0 Å². The normalized spacial score (nSPS) is 15.5. The summed E-state index contributed by atoms with van der Waals surface area (Å²) in [5, 5.41) is 6.86. The van der Waals surface area contributed by atoms with Crippen LogP contribution in [0.4, 0.5) is 0 Å². The van der Waals surface area contributed by atoms with Gasteiger partial charge in [-0.15, -0.1) is 24.0 Å². The summed E-state index contributed by atoms with van der Waals surface area (Å²) in [4.78, 5) is 4.81. The van der Waals surface area contributed by atoms with E-state index in [9.17, 15) is 0 Å². The van der Waals surface area contributed by atoms with Crippen LogP contribution in [0.1, 0.15) is 55.0 Å². The van der Waals surface area contributed by atoms with Gasteiger partial charge in [-0.1, -0.05) is 42.0 Å². The summed E-state index contributed by atoms with van der Waals surface area (Å²) in [6, 6.07) is 14.8. The minimum absolute atomic E-state index is 0. The lowest BCUT2D eigenvalue weighted by Gasteiger charge is -2.22. The van der Waals surface area contributed by atoms with E-state index in [2.05, 4.69) is 67.8 Å². The maximum Gasteiger partial charge on any atom is 0.192 e. The van der Waals surface area contributed by atoms with Crippen molar-refractivity contribution >= 4 is 29.9 Å². The van der Waals surface area contributed by atoms with Crippen molar-refractivity contribution in [3.63, 3.8) is 0 Å². The molecule has 0 aliphatic carbocycles. The lowest BCUT2D eigenvalue weighted by molar-refractivity contribution is -0.0390. The van der Waals surface area contributed by atoms with Crippen LogP contribution >= 0.6 is 24.0 Å². The summed E-state index contributed by atoms with van der Waals surface area (Å²) in [6.45, 7) is 9.90. The molecule has 0 saturated carbocycles. The highest BCUT2D eigenvalue weighted by molar-refractivity contribution is 14.0. The van der Waals surface area contributed by atoms with Crippen molar-refractivity contribution in [2.45, 2.75) is 58.9 Å². The van der Waals surface area contributed by atoms with E-state index in [1.807, 2.05) is 6.07 Å². The van der Waals surface area contributed by atoms with E-state index in [-0.39, 0.29) is 30.0 Å². The minimum Gasteiger partial charge on any atom is -0.496 e. The predicted octanol–water partition coefficient (Wildman–Crippen LogP) is 5.13. The highest BCUT2D eigenvalue weighted by Crippen LogP contribution is 2.26. The third-order valence-electron chi connectivity index (χ3n) is 5.61. The van der Waals surface area contributed by atoms with E-state index in [1.54, 1.807) is 7.11 Å². The molecule has 3 rings (SSSR count). The topological polar surface area (TPSA) is 64.1 Å². The van der Waals surface area contributed by atoms with Crippen molar-refractivity contribution in [3.8, 4) is 5.75 Å². The summed E-state index contributed by atoms with van der Waals surface area (Å²) in [5.74, 6) is 1.66. The van der Waals surface area contributed by atoms with Crippen molar-refractivity contribution in [2.75, 3.05) is 26.9 Å². The molecule has 182 valence electrons. The second kappa shape index (κ2) is 14.4. The number of aryl methyl sites for hydroxylation is 1. The van der Waals surface area contributed by atoms with Gasteiger partial charge in [0.25, 0.3) is 0 Å². The molecule has 0 spiro atoms. The quantitative estimate of drug-likeness (QED) is 0.250. The summed E-state index contributed by atoms with van der Waals surface area (Å²) < 4.78 is 17.0. The molecule has 2 aromatic rings. The molecule has 0 amide bonds. The number of nitrogens with zero attached hydrogens (tertiary/aromatic N) is 1. The second-order valence-corrected chi connectivity index (χ2v) is 8.25. The highest BCUT2D eigenvalue weighted by Gasteiger charge is 2.15. The Morgan fingerprint density at radius 3 is 2.64 bits per heavy atom. The first kappa shape index (κ1) is 27.4. The van der Waals surface area contributed by atoms with E-state index >= 15 is 0 Å². The molecule has 1 fully saturated rings. The van der Waals surface area contributed by atoms with Crippen molar-refractivity contribution in [1.82, 2.24) is 10.6 Å². The first-order valence-corrected chi connectivity index (χ1v) is 11.6. The largest absolute Gasteiger partial charge is 0.496 e. The number of guanidine groups is 1. The van der Waals surface area contributed by atoms with Crippen LogP contribution < -0.4 is 15.4 Å². The van der Waals surface area contributed by atoms with Gasteiger partial charge in [-0.3, -0.25) is 0 Å². The Balaban J connectivity index is 0.00000385. The van der Waals surface area contributed by atoms with E-state index < -0.39 is 0 Å². The molecule has 1 aliphatic rings. The fourth-order valence-corrected chi connectivity index (χ4v) is 3.84. The zero-order chi connectivity index (χ0) is 22.8. The molecule has 1 aliphatic heterocycles. The number of hydrogen-bond donors (Lipinski definition) is 2. The van der Waals surface area contributed by atoms with Crippen molar-refractivity contribution in [2.24, 2.45) is 4.99 Å². The standard InChI is InChI=1S/C26H37N3O3.HI/c1-5-27-26(29-20(3)24-15-19(2)9-10-25(24)30-4)28-17-21-7-6-8-22(16-21)18-32-23-11-13-31-14-12-23;/h6-10,15-16,20,23H,5,11-14,17-18H2,1-4H3,(H2,27,28,29);1H. The number of ether oxygens (including phenoxy) is 3. The average Bonchev–Trinajstić information content (AvgIpc) is 2.82. The van der Waals surface area contributed by atoms with Gasteiger partial charge in [0.1, 0.15) is 5.75 Å². The molecule has 0 bridgehead atoms. The predicted molar refractivity (Wildman–Crippen MR) is 145 cm³/mol. The van der Waals surface area contributed by atoms with Crippen molar-refractivity contribution in [1.29, 1.82) is 0 Å². The Morgan fingerprint density at radius 1 is 1.15 bits per heavy atom. The van der Waals surface area contributed by atoms with Crippen LogP contribution in [-0.4, -0.2) is 38.9 Å². The van der Waals surface area contributed by atoms with E-state index in [0.29, 0.717) is 19.3 Å². The Kier molecular flexibility index (Phi) is 12.0. The van der Waals surface area contributed by atoms with E-state index in [0.717, 1.165) is 55.4 Å².